The van der Waals surface area contributed by atoms with Gasteiger partial charge in [0.2, 0.25) is 0 Å². The maximum absolute atomic E-state index is 12.1. The van der Waals surface area contributed by atoms with Gasteiger partial charge < -0.3 is 10.1 Å². The second-order valence-electron chi connectivity index (χ2n) is 5.73. The average molecular weight is 352 g/mol. The van der Waals surface area contributed by atoms with Crippen LogP contribution in [0.3, 0.4) is 0 Å². The number of thiazole rings is 1. The van der Waals surface area contributed by atoms with Crippen LogP contribution < -0.4 is 10.1 Å². The predicted molar refractivity (Wildman–Crippen MR) is 101 cm³/mol. The van der Waals surface area contributed by atoms with Crippen molar-refractivity contribution in [3.63, 3.8) is 0 Å². The molecule has 4 nitrogen and oxygen atoms in total. The summed E-state index contributed by atoms with van der Waals surface area (Å²) in [4.78, 5) is 16.8. The number of ether oxygens (including phenoxy) is 1. The lowest BCUT2D eigenvalue weighted by Crippen LogP contribution is -2.25. The molecule has 0 saturated carbocycles. The molecule has 0 aliphatic heterocycles. The van der Waals surface area contributed by atoms with Gasteiger partial charge in [-0.1, -0.05) is 17.7 Å². The largest absolute Gasteiger partial charge is 0.497 e. The zero-order valence-corrected chi connectivity index (χ0v) is 15.1. The van der Waals surface area contributed by atoms with Crippen molar-refractivity contribution in [1.82, 2.24) is 10.3 Å². The molecule has 0 bridgehead atoms. The summed E-state index contributed by atoms with van der Waals surface area (Å²) in [6.07, 6.45) is 0.721. The monoisotopic (exact) mass is 352 g/mol. The fraction of sp³-hybridized carbons (Fsp3) is 0.200. The average Bonchev–Trinajstić information content (AvgIpc) is 3.10. The zero-order chi connectivity index (χ0) is 17.6. The Hall–Kier alpha value is -2.66. The molecule has 0 unspecified atom stereocenters. The van der Waals surface area contributed by atoms with Gasteiger partial charge in [-0.25, -0.2) is 4.98 Å². The SMILES string of the molecule is COc1ccc(-c2csc(CCNC(=O)c3cccc(C)c3)n2)cc1. The molecule has 3 rings (SSSR count). The maximum Gasteiger partial charge on any atom is 0.251 e. The summed E-state index contributed by atoms with van der Waals surface area (Å²) in [6, 6.07) is 15.4. The predicted octanol–water partition coefficient (Wildman–Crippen LogP) is 4.10. The Bertz CT molecular complexity index is 856. The molecule has 0 saturated heterocycles. The third-order valence-corrected chi connectivity index (χ3v) is 4.75. The highest BCUT2D eigenvalue weighted by molar-refractivity contribution is 7.09. The summed E-state index contributed by atoms with van der Waals surface area (Å²) >= 11 is 1.61. The molecule has 0 fully saturated rings. The van der Waals surface area contributed by atoms with Crippen molar-refractivity contribution in [1.29, 1.82) is 0 Å². The van der Waals surface area contributed by atoms with E-state index in [4.69, 9.17) is 4.74 Å². The minimum atomic E-state index is -0.0457. The number of amides is 1. The molecule has 1 N–H and O–H groups in total. The van der Waals surface area contributed by atoms with Crippen molar-refractivity contribution in [2.45, 2.75) is 13.3 Å². The number of aryl methyl sites for hydroxylation is 1. The lowest BCUT2D eigenvalue weighted by molar-refractivity contribution is 0.0954. The molecule has 0 radical (unpaired) electrons. The number of aromatic nitrogens is 1. The first-order chi connectivity index (χ1) is 12.2. The van der Waals surface area contributed by atoms with Gasteiger partial charge in [-0.05, 0) is 43.3 Å². The minimum Gasteiger partial charge on any atom is -0.497 e. The number of carbonyl (C=O) groups excluding carboxylic acids is 1. The van der Waals surface area contributed by atoms with Gasteiger partial charge in [0.05, 0.1) is 17.8 Å². The topological polar surface area (TPSA) is 51.2 Å². The van der Waals surface area contributed by atoms with Gasteiger partial charge in [-0.2, -0.15) is 0 Å². The fourth-order valence-electron chi connectivity index (χ4n) is 2.49. The van der Waals surface area contributed by atoms with E-state index < -0.39 is 0 Å². The number of nitrogens with zero attached hydrogens (tertiary/aromatic N) is 1. The van der Waals surface area contributed by atoms with Crippen LogP contribution in [-0.4, -0.2) is 24.5 Å². The number of carbonyl (C=O) groups is 1. The molecule has 3 aromatic rings. The first-order valence-electron chi connectivity index (χ1n) is 8.09. The van der Waals surface area contributed by atoms with Gasteiger partial charge in [-0.3, -0.25) is 4.79 Å². The van der Waals surface area contributed by atoms with Crippen molar-refractivity contribution in [3.05, 3.63) is 70.0 Å². The molecule has 0 atom stereocenters. The smallest absolute Gasteiger partial charge is 0.251 e. The van der Waals surface area contributed by atoms with Crippen LogP contribution in [0.2, 0.25) is 0 Å². The van der Waals surface area contributed by atoms with Crippen LogP contribution in [0.25, 0.3) is 11.3 Å². The molecule has 128 valence electrons. The van der Waals surface area contributed by atoms with E-state index in [0.29, 0.717) is 12.1 Å². The Balaban J connectivity index is 1.55. The third kappa shape index (κ3) is 4.45. The van der Waals surface area contributed by atoms with Crippen LogP contribution in [0.15, 0.2) is 53.9 Å². The van der Waals surface area contributed by atoms with Crippen LogP contribution in [0.4, 0.5) is 0 Å². The molecular formula is C20H20N2O2S. The normalized spacial score (nSPS) is 10.5. The van der Waals surface area contributed by atoms with Crippen molar-refractivity contribution in [3.8, 4) is 17.0 Å². The Morgan fingerprint density at radius 2 is 2.00 bits per heavy atom. The molecule has 1 amide bonds. The standard InChI is InChI=1S/C20H20N2O2S/c1-14-4-3-5-16(12-14)20(23)21-11-10-19-22-18(13-25-19)15-6-8-17(24-2)9-7-15/h3-9,12-13H,10-11H2,1-2H3,(H,21,23). The summed E-state index contributed by atoms with van der Waals surface area (Å²) in [5.74, 6) is 0.786. The van der Waals surface area contributed by atoms with Crippen LogP contribution in [-0.2, 0) is 6.42 Å². The molecule has 0 spiro atoms. The fourth-order valence-corrected chi connectivity index (χ4v) is 3.30. The van der Waals surface area contributed by atoms with E-state index in [1.54, 1.807) is 18.4 Å². The number of nitrogens with one attached hydrogen (secondary N) is 1. The number of rotatable bonds is 6. The summed E-state index contributed by atoms with van der Waals surface area (Å²) in [7, 11) is 1.65. The molecule has 0 aliphatic rings. The van der Waals surface area contributed by atoms with Crippen LogP contribution in [0.5, 0.6) is 5.75 Å². The maximum atomic E-state index is 12.1. The summed E-state index contributed by atoms with van der Waals surface area (Å²) in [5.41, 5.74) is 3.79. The van der Waals surface area contributed by atoms with Crippen molar-refractivity contribution < 1.29 is 9.53 Å². The van der Waals surface area contributed by atoms with Gasteiger partial charge >= 0.3 is 0 Å². The third-order valence-electron chi connectivity index (χ3n) is 3.84. The molecule has 0 aliphatic carbocycles. The van der Waals surface area contributed by atoms with Crippen LogP contribution in [0.1, 0.15) is 20.9 Å². The quantitative estimate of drug-likeness (QED) is 0.727. The summed E-state index contributed by atoms with van der Waals surface area (Å²) in [6.45, 7) is 2.55. The van der Waals surface area contributed by atoms with Gasteiger partial charge in [0, 0.05) is 29.5 Å². The Morgan fingerprint density at radius 1 is 1.20 bits per heavy atom. The number of benzene rings is 2. The second kappa shape index (κ2) is 7.94. The van der Waals surface area contributed by atoms with Crippen molar-refractivity contribution in [2.24, 2.45) is 0 Å². The van der Waals surface area contributed by atoms with Gasteiger partial charge in [0.25, 0.3) is 5.91 Å². The van der Waals surface area contributed by atoms with Crippen molar-refractivity contribution >= 4 is 17.2 Å². The van der Waals surface area contributed by atoms with E-state index >= 15 is 0 Å². The molecule has 25 heavy (non-hydrogen) atoms. The summed E-state index contributed by atoms with van der Waals surface area (Å²) in [5, 5.41) is 6.00. The number of methoxy groups -OCH3 is 1. The van der Waals surface area contributed by atoms with E-state index in [2.05, 4.69) is 10.3 Å². The highest BCUT2D eigenvalue weighted by atomic mass is 32.1. The Labute approximate surface area is 151 Å². The van der Waals surface area contributed by atoms with E-state index in [9.17, 15) is 4.79 Å². The van der Waals surface area contributed by atoms with Crippen LogP contribution in [0, 0.1) is 6.92 Å². The van der Waals surface area contributed by atoms with Crippen LogP contribution >= 0.6 is 11.3 Å². The number of hydrogen-bond donors (Lipinski definition) is 1. The highest BCUT2D eigenvalue weighted by Gasteiger charge is 2.07. The molecule has 2 aromatic carbocycles. The molecule has 5 heteroatoms. The summed E-state index contributed by atoms with van der Waals surface area (Å²) < 4.78 is 5.17. The first-order valence-corrected chi connectivity index (χ1v) is 8.97. The molecular weight excluding hydrogens is 332 g/mol. The van der Waals surface area contributed by atoms with Gasteiger partial charge in [-0.15, -0.1) is 11.3 Å². The van der Waals surface area contributed by atoms with E-state index in [1.807, 2.05) is 60.8 Å². The lowest BCUT2D eigenvalue weighted by atomic mass is 10.1. The van der Waals surface area contributed by atoms with E-state index in [-0.39, 0.29) is 5.91 Å². The van der Waals surface area contributed by atoms with Gasteiger partial charge in [0.1, 0.15) is 5.75 Å². The minimum absolute atomic E-state index is 0.0457. The first kappa shape index (κ1) is 17.2. The number of hydrogen-bond acceptors (Lipinski definition) is 4. The van der Waals surface area contributed by atoms with E-state index in [0.717, 1.165) is 34.0 Å². The Kier molecular flexibility index (Phi) is 5.46. The highest BCUT2D eigenvalue weighted by Crippen LogP contribution is 2.24. The van der Waals surface area contributed by atoms with Gasteiger partial charge in [0.15, 0.2) is 0 Å². The molecule has 1 aromatic heterocycles. The lowest BCUT2D eigenvalue weighted by Gasteiger charge is -2.04. The zero-order valence-electron chi connectivity index (χ0n) is 14.3. The van der Waals surface area contributed by atoms with E-state index in [1.165, 1.54) is 0 Å². The van der Waals surface area contributed by atoms with Crippen molar-refractivity contribution in [2.75, 3.05) is 13.7 Å². The Morgan fingerprint density at radius 3 is 2.72 bits per heavy atom. The molecule has 1 heterocycles. The second-order valence-corrected chi connectivity index (χ2v) is 6.67.